The summed E-state index contributed by atoms with van der Waals surface area (Å²) in [4.78, 5) is 2.69. The highest BCUT2D eigenvalue weighted by Crippen LogP contribution is 2.50. The Morgan fingerprint density at radius 1 is 1.12 bits per heavy atom. The highest BCUT2D eigenvalue weighted by molar-refractivity contribution is 4.97. The maximum Gasteiger partial charge on any atom is 0.0707 e. The lowest BCUT2D eigenvalue weighted by Gasteiger charge is -2.34. The molecule has 3 fully saturated rings. The van der Waals surface area contributed by atoms with Gasteiger partial charge in [-0.1, -0.05) is 27.2 Å². The quantitative estimate of drug-likeness (QED) is 0.745. The van der Waals surface area contributed by atoms with Crippen molar-refractivity contribution in [1.29, 1.82) is 0 Å². The van der Waals surface area contributed by atoms with Crippen LogP contribution in [0.15, 0.2) is 0 Å². The fourth-order valence-corrected chi connectivity index (χ4v) is 3.50. The van der Waals surface area contributed by atoms with Crippen LogP contribution >= 0.6 is 0 Å². The molecule has 0 radical (unpaired) electrons. The Kier molecular flexibility index (Phi) is 4.48. The van der Waals surface area contributed by atoms with Gasteiger partial charge in [0.25, 0.3) is 0 Å². The van der Waals surface area contributed by atoms with E-state index in [1.807, 2.05) is 13.8 Å². The summed E-state index contributed by atoms with van der Waals surface area (Å²) in [6.07, 6.45) is 9.52. The molecule has 2 unspecified atom stereocenters. The summed E-state index contributed by atoms with van der Waals surface area (Å²) in [5, 5.41) is 0. The van der Waals surface area contributed by atoms with Gasteiger partial charge >= 0.3 is 0 Å². The lowest BCUT2D eigenvalue weighted by Crippen LogP contribution is -2.45. The lowest BCUT2D eigenvalue weighted by molar-refractivity contribution is -0.0443. The molecule has 2 atom stereocenters. The second-order valence-electron chi connectivity index (χ2n) is 5.90. The van der Waals surface area contributed by atoms with E-state index in [0.717, 1.165) is 5.41 Å². The largest absolute Gasteiger partial charge is 0.372 e. The van der Waals surface area contributed by atoms with Crippen molar-refractivity contribution in [3.05, 3.63) is 0 Å². The van der Waals surface area contributed by atoms with E-state index in [9.17, 15) is 0 Å². The Morgan fingerprint density at radius 3 is 2.18 bits per heavy atom. The van der Waals surface area contributed by atoms with Gasteiger partial charge in [-0.05, 0) is 37.5 Å². The molecule has 2 nitrogen and oxygen atoms in total. The lowest BCUT2D eigenvalue weighted by atomic mass is 9.99. The van der Waals surface area contributed by atoms with Gasteiger partial charge in [0.15, 0.2) is 0 Å². The monoisotopic (exact) mass is 239 g/mol. The van der Waals surface area contributed by atoms with E-state index in [-0.39, 0.29) is 0 Å². The van der Waals surface area contributed by atoms with E-state index < -0.39 is 0 Å². The first kappa shape index (κ1) is 13.4. The zero-order chi connectivity index (χ0) is 12.3. The summed E-state index contributed by atoms with van der Waals surface area (Å²) >= 11 is 0. The van der Waals surface area contributed by atoms with E-state index in [1.165, 1.54) is 58.2 Å². The molecule has 2 heteroatoms. The average Bonchev–Trinajstić information content (AvgIpc) is 3.00. The van der Waals surface area contributed by atoms with Crippen molar-refractivity contribution in [2.24, 2.45) is 5.41 Å². The Balaban J connectivity index is 0.000000514. The first-order valence-electron chi connectivity index (χ1n) is 7.67. The van der Waals surface area contributed by atoms with Crippen molar-refractivity contribution in [2.45, 2.75) is 71.5 Å². The number of nitrogens with zero attached hydrogens (tertiary/aromatic N) is 1. The predicted octanol–water partition coefficient (Wildman–Crippen LogP) is 3.46. The zero-order valence-electron chi connectivity index (χ0n) is 11.9. The third-order valence-electron chi connectivity index (χ3n) is 4.42. The Morgan fingerprint density at radius 2 is 1.71 bits per heavy atom. The Bertz CT molecular complexity index is 225. The first-order valence-corrected chi connectivity index (χ1v) is 7.67. The number of likely N-dealkylation sites (tertiary alicyclic amines) is 1. The number of morpholine rings is 1. The van der Waals surface area contributed by atoms with E-state index in [4.69, 9.17) is 4.74 Å². The highest BCUT2D eigenvalue weighted by Gasteiger charge is 2.44. The van der Waals surface area contributed by atoms with Gasteiger partial charge in [-0.2, -0.15) is 0 Å². The van der Waals surface area contributed by atoms with Crippen LogP contribution in [-0.4, -0.2) is 36.7 Å². The first-order chi connectivity index (χ1) is 8.30. The van der Waals surface area contributed by atoms with Gasteiger partial charge in [-0.15, -0.1) is 0 Å². The van der Waals surface area contributed by atoms with Gasteiger partial charge < -0.3 is 4.74 Å². The van der Waals surface area contributed by atoms with Crippen LogP contribution in [0.1, 0.15) is 59.3 Å². The van der Waals surface area contributed by atoms with E-state index in [2.05, 4.69) is 11.8 Å². The molecule has 0 aromatic rings. The Hall–Kier alpha value is -0.0800. The molecule has 1 aliphatic carbocycles. The molecule has 2 saturated heterocycles. The van der Waals surface area contributed by atoms with Gasteiger partial charge in [-0.25, -0.2) is 0 Å². The van der Waals surface area contributed by atoms with Crippen LogP contribution in [0.5, 0.6) is 0 Å². The molecule has 3 rings (SSSR count). The molecule has 2 bridgehead atoms. The summed E-state index contributed by atoms with van der Waals surface area (Å²) in [7, 11) is 0. The zero-order valence-corrected chi connectivity index (χ0v) is 11.9. The van der Waals surface area contributed by atoms with Crippen LogP contribution in [0.3, 0.4) is 0 Å². The minimum absolute atomic E-state index is 0.571. The molecular formula is C15H29NO. The summed E-state index contributed by atoms with van der Waals surface area (Å²) in [6, 6.07) is 0. The Labute approximate surface area is 107 Å². The topological polar surface area (TPSA) is 12.5 Å². The van der Waals surface area contributed by atoms with E-state index in [0.29, 0.717) is 12.2 Å². The standard InChI is InChI=1S/C13H23NO.C2H6/c1-2-5-13(6-7-13)10-14-8-11-3-4-12(9-14)15-11;1-2/h11-12H,2-10H2,1H3;1-2H3. The average molecular weight is 239 g/mol. The minimum atomic E-state index is 0.571. The molecular weight excluding hydrogens is 210 g/mol. The normalized spacial score (nSPS) is 34.1. The van der Waals surface area contributed by atoms with Crippen LogP contribution in [0.4, 0.5) is 0 Å². The molecule has 17 heavy (non-hydrogen) atoms. The van der Waals surface area contributed by atoms with Crippen molar-refractivity contribution < 1.29 is 4.74 Å². The van der Waals surface area contributed by atoms with Gasteiger partial charge in [0, 0.05) is 19.6 Å². The minimum Gasteiger partial charge on any atom is -0.372 e. The second-order valence-corrected chi connectivity index (χ2v) is 5.90. The smallest absolute Gasteiger partial charge is 0.0707 e. The maximum atomic E-state index is 5.88. The molecule has 0 spiro atoms. The highest BCUT2D eigenvalue weighted by atomic mass is 16.5. The summed E-state index contributed by atoms with van der Waals surface area (Å²) in [5.74, 6) is 0. The van der Waals surface area contributed by atoms with E-state index in [1.54, 1.807) is 0 Å². The molecule has 0 aromatic heterocycles. The second kappa shape index (κ2) is 5.71. The summed E-state index contributed by atoms with van der Waals surface area (Å²) in [6.45, 7) is 10.1. The molecule has 100 valence electrons. The molecule has 1 saturated carbocycles. The van der Waals surface area contributed by atoms with Gasteiger partial charge in [0.2, 0.25) is 0 Å². The molecule has 0 amide bonds. The SMILES string of the molecule is CC.CCCC1(CN2CC3CCC(C2)O3)CC1. The third-order valence-corrected chi connectivity index (χ3v) is 4.42. The van der Waals surface area contributed by atoms with Crippen LogP contribution in [0.2, 0.25) is 0 Å². The van der Waals surface area contributed by atoms with Gasteiger partial charge in [0.05, 0.1) is 12.2 Å². The van der Waals surface area contributed by atoms with Crippen molar-refractivity contribution in [3.63, 3.8) is 0 Å². The number of hydrogen-bond donors (Lipinski definition) is 0. The maximum absolute atomic E-state index is 5.88. The van der Waals surface area contributed by atoms with E-state index >= 15 is 0 Å². The summed E-state index contributed by atoms with van der Waals surface area (Å²) in [5.41, 5.74) is 0.728. The van der Waals surface area contributed by atoms with Crippen molar-refractivity contribution in [3.8, 4) is 0 Å². The van der Waals surface area contributed by atoms with Crippen LogP contribution in [0.25, 0.3) is 0 Å². The van der Waals surface area contributed by atoms with Gasteiger partial charge in [-0.3, -0.25) is 4.90 Å². The van der Waals surface area contributed by atoms with Crippen LogP contribution < -0.4 is 0 Å². The molecule has 2 heterocycles. The molecule has 2 aliphatic heterocycles. The predicted molar refractivity (Wildman–Crippen MR) is 72.3 cm³/mol. The summed E-state index contributed by atoms with van der Waals surface area (Å²) < 4.78 is 5.88. The van der Waals surface area contributed by atoms with Crippen LogP contribution in [0, 0.1) is 5.41 Å². The number of hydrogen-bond acceptors (Lipinski definition) is 2. The number of fused-ring (bicyclic) bond motifs is 2. The fourth-order valence-electron chi connectivity index (χ4n) is 3.50. The van der Waals surface area contributed by atoms with Crippen LogP contribution in [-0.2, 0) is 4.74 Å². The van der Waals surface area contributed by atoms with Crippen molar-refractivity contribution >= 4 is 0 Å². The molecule has 3 aliphatic rings. The van der Waals surface area contributed by atoms with Crippen molar-refractivity contribution in [1.82, 2.24) is 4.90 Å². The van der Waals surface area contributed by atoms with Crippen molar-refractivity contribution in [2.75, 3.05) is 19.6 Å². The fraction of sp³-hybridized carbons (Fsp3) is 1.00. The number of rotatable bonds is 4. The van der Waals surface area contributed by atoms with Gasteiger partial charge in [0.1, 0.15) is 0 Å². The molecule has 0 aromatic carbocycles. The number of ether oxygens (including phenoxy) is 1. The third kappa shape index (κ3) is 3.23. The molecule has 0 N–H and O–H groups in total.